The topological polar surface area (TPSA) is 73.9 Å². The third kappa shape index (κ3) is 5.33. The predicted molar refractivity (Wildman–Crippen MR) is 124 cm³/mol. The Morgan fingerprint density at radius 3 is 2.41 bits per heavy atom. The van der Waals surface area contributed by atoms with Crippen molar-refractivity contribution in [2.24, 2.45) is 0 Å². The van der Waals surface area contributed by atoms with Crippen LogP contribution in [0.2, 0.25) is 0 Å². The fourth-order valence-corrected chi connectivity index (χ4v) is 5.16. The molecular weight excluding hydrogens is 404 g/mol. The largest absolute Gasteiger partial charge is 0.463 e. The first-order chi connectivity index (χ1) is 15.5. The van der Waals surface area contributed by atoms with Crippen LogP contribution in [0.5, 0.6) is 0 Å². The number of rotatable bonds is 6. The average Bonchev–Trinajstić information content (AvgIpc) is 2.80. The van der Waals surface area contributed by atoms with E-state index in [2.05, 4.69) is 20.4 Å². The number of nitrogens with zero attached hydrogens (tertiary/aromatic N) is 2. The molecular formula is C25H36N4O3. The maximum Gasteiger partial charge on any atom is 0.338 e. The van der Waals surface area contributed by atoms with E-state index in [4.69, 9.17) is 4.74 Å². The molecule has 174 valence electrons. The van der Waals surface area contributed by atoms with E-state index in [0.29, 0.717) is 24.4 Å². The molecule has 0 aromatic heterocycles. The summed E-state index contributed by atoms with van der Waals surface area (Å²) in [6, 6.07) is 7.86. The number of urea groups is 1. The lowest BCUT2D eigenvalue weighted by Crippen LogP contribution is -2.53. The smallest absolute Gasteiger partial charge is 0.338 e. The van der Waals surface area contributed by atoms with Gasteiger partial charge in [-0.2, -0.15) is 0 Å². The van der Waals surface area contributed by atoms with Gasteiger partial charge in [0.25, 0.3) is 0 Å². The number of ether oxygens (including phenoxy) is 1. The highest BCUT2D eigenvalue weighted by molar-refractivity contribution is 5.95. The van der Waals surface area contributed by atoms with Crippen LogP contribution in [-0.2, 0) is 9.53 Å². The van der Waals surface area contributed by atoms with E-state index in [9.17, 15) is 9.59 Å². The second kappa shape index (κ2) is 10.5. The van der Waals surface area contributed by atoms with Crippen molar-refractivity contribution in [3.05, 3.63) is 46.7 Å². The number of carbonyl (C=O) groups is 2. The number of esters is 1. The van der Waals surface area contributed by atoms with Crippen molar-refractivity contribution in [2.45, 2.75) is 58.0 Å². The van der Waals surface area contributed by atoms with Crippen LogP contribution in [-0.4, -0.2) is 67.2 Å². The Morgan fingerprint density at radius 2 is 1.75 bits per heavy atom. The Balaban J connectivity index is 1.52. The minimum atomic E-state index is -0.512. The molecule has 2 fully saturated rings. The Labute approximate surface area is 191 Å². The zero-order valence-electron chi connectivity index (χ0n) is 19.4. The highest BCUT2D eigenvalue weighted by atomic mass is 16.5. The summed E-state index contributed by atoms with van der Waals surface area (Å²) in [5.74, 6) is -0.374. The second-order valence-corrected chi connectivity index (χ2v) is 9.16. The van der Waals surface area contributed by atoms with Crippen LogP contribution in [0.25, 0.3) is 0 Å². The van der Waals surface area contributed by atoms with Crippen LogP contribution in [0.4, 0.5) is 4.79 Å². The maximum absolute atomic E-state index is 13.0. The van der Waals surface area contributed by atoms with Crippen LogP contribution in [0, 0.1) is 6.92 Å². The van der Waals surface area contributed by atoms with Gasteiger partial charge in [-0.25, -0.2) is 9.59 Å². The van der Waals surface area contributed by atoms with Gasteiger partial charge in [-0.3, -0.25) is 9.80 Å². The first-order valence-corrected chi connectivity index (χ1v) is 12.1. The lowest BCUT2D eigenvalue weighted by Gasteiger charge is -2.41. The second-order valence-electron chi connectivity index (χ2n) is 9.16. The Hall–Kier alpha value is -2.38. The first-order valence-electron chi connectivity index (χ1n) is 12.1. The van der Waals surface area contributed by atoms with Gasteiger partial charge in [-0.15, -0.1) is 0 Å². The molecule has 2 heterocycles. The van der Waals surface area contributed by atoms with Crippen LogP contribution < -0.4 is 10.6 Å². The molecule has 3 aliphatic rings. The molecule has 7 nitrogen and oxygen atoms in total. The summed E-state index contributed by atoms with van der Waals surface area (Å²) in [5.41, 5.74) is 3.17. The SMILES string of the molecule is CCOC(=O)C1=C(CN2CCN(C3CCCCC3)CC2)NC(=O)N[C@@H]1c1ccc(C)cc1. The van der Waals surface area contributed by atoms with E-state index in [1.54, 1.807) is 6.92 Å². The molecule has 7 heteroatoms. The molecule has 1 saturated heterocycles. The molecule has 1 aromatic carbocycles. The third-order valence-electron chi connectivity index (χ3n) is 6.94. The average molecular weight is 441 g/mol. The minimum Gasteiger partial charge on any atom is -0.463 e. The Bertz CT molecular complexity index is 837. The number of hydrogen-bond donors (Lipinski definition) is 2. The van der Waals surface area contributed by atoms with Crippen molar-refractivity contribution in [1.82, 2.24) is 20.4 Å². The van der Waals surface area contributed by atoms with E-state index in [1.165, 1.54) is 32.1 Å². The molecule has 2 aliphatic heterocycles. The summed E-state index contributed by atoms with van der Waals surface area (Å²) in [6.07, 6.45) is 6.70. The number of carbonyl (C=O) groups excluding carboxylic acids is 2. The fourth-order valence-electron chi connectivity index (χ4n) is 5.16. The summed E-state index contributed by atoms with van der Waals surface area (Å²) in [4.78, 5) is 30.5. The van der Waals surface area contributed by atoms with Crippen LogP contribution in [0.15, 0.2) is 35.5 Å². The summed E-state index contributed by atoms with van der Waals surface area (Å²) >= 11 is 0. The molecule has 1 saturated carbocycles. The van der Waals surface area contributed by atoms with Crippen molar-refractivity contribution in [2.75, 3.05) is 39.3 Å². The maximum atomic E-state index is 13.0. The van der Waals surface area contributed by atoms with Crippen molar-refractivity contribution < 1.29 is 14.3 Å². The molecule has 2 amide bonds. The minimum absolute atomic E-state index is 0.278. The van der Waals surface area contributed by atoms with Gasteiger partial charge in [-0.1, -0.05) is 49.1 Å². The number of nitrogens with one attached hydrogen (secondary N) is 2. The normalized spacial score (nSPS) is 23.6. The van der Waals surface area contributed by atoms with Crippen molar-refractivity contribution in [3.63, 3.8) is 0 Å². The fraction of sp³-hybridized carbons (Fsp3) is 0.600. The van der Waals surface area contributed by atoms with E-state index in [0.717, 1.165) is 43.3 Å². The lowest BCUT2D eigenvalue weighted by atomic mass is 9.93. The molecule has 0 radical (unpaired) electrons. The van der Waals surface area contributed by atoms with E-state index in [-0.39, 0.29) is 12.0 Å². The van der Waals surface area contributed by atoms with Gasteiger partial charge < -0.3 is 15.4 Å². The van der Waals surface area contributed by atoms with Gasteiger partial charge >= 0.3 is 12.0 Å². The predicted octanol–water partition coefficient (Wildman–Crippen LogP) is 3.12. The summed E-state index contributed by atoms with van der Waals surface area (Å²) in [5, 5.41) is 5.84. The van der Waals surface area contributed by atoms with E-state index in [1.807, 2.05) is 31.2 Å². The number of piperazine rings is 1. The first kappa shape index (κ1) is 22.8. The molecule has 1 aliphatic carbocycles. The zero-order chi connectivity index (χ0) is 22.5. The number of aryl methyl sites for hydroxylation is 1. The number of hydrogen-bond acceptors (Lipinski definition) is 5. The molecule has 2 N–H and O–H groups in total. The molecule has 1 aromatic rings. The molecule has 1 atom stereocenters. The monoisotopic (exact) mass is 440 g/mol. The summed E-state index contributed by atoms with van der Waals surface area (Å²) < 4.78 is 5.39. The number of benzene rings is 1. The van der Waals surface area contributed by atoms with Crippen molar-refractivity contribution >= 4 is 12.0 Å². The van der Waals surface area contributed by atoms with Crippen LogP contribution in [0.3, 0.4) is 0 Å². The molecule has 0 spiro atoms. The molecule has 0 unspecified atom stereocenters. The van der Waals surface area contributed by atoms with Crippen molar-refractivity contribution in [1.29, 1.82) is 0 Å². The molecule has 4 rings (SSSR count). The van der Waals surface area contributed by atoms with Crippen LogP contribution in [0.1, 0.15) is 56.2 Å². The van der Waals surface area contributed by atoms with Gasteiger partial charge in [0.05, 0.1) is 18.2 Å². The van der Waals surface area contributed by atoms with Gasteiger partial charge in [0.2, 0.25) is 0 Å². The molecule has 0 bridgehead atoms. The van der Waals surface area contributed by atoms with E-state index < -0.39 is 6.04 Å². The third-order valence-corrected chi connectivity index (χ3v) is 6.94. The van der Waals surface area contributed by atoms with Crippen LogP contribution >= 0.6 is 0 Å². The lowest BCUT2D eigenvalue weighted by molar-refractivity contribution is -0.139. The summed E-state index contributed by atoms with van der Waals surface area (Å²) in [6.45, 7) is 8.63. The quantitative estimate of drug-likeness (QED) is 0.665. The van der Waals surface area contributed by atoms with Crippen molar-refractivity contribution in [3.8, 4) is 0 Å². The zero-order valence-corrected chi connectivity index (χ0v) is 19.4. The highest BCUT2D eigenvalue weighted by Crippen LogP contribution is 2.29. The Kier molecular flexibility index (Phi) is 7.48. The van der Waals surface area contributed by atoms with Gasteiger partial charge in [-0.05, 0) is 32.3 Å². The van der Waals surface area contributed by atoms with E-state index >= 15 is 0 Å². The van der Waals surface area contributed by atoms with Gasteiger partial charge in [0.1, 0.15) is 0 Å². The summed E-state index contributed by atoms with van der Waals surface area (Å²) in [7, 11) is 0. The standard InChI is InChI=1S/C25H36N4O3/c1-3-32-24(30)22-21(26-25(31)27-23(22)19-11-9-18(2)10-12-19)17-28-13-15-29(16-14-28)20-7-5-4-6-8-20/h9-12,20,23H,3-8,13-17H2,1-2H3,(H2,26,27,31)/t23-/m1/s1. The Morgan fingerprint density at radius 1 is 1.06 bits per heavy atom. The number of amides is 2. The molecule has 32 heavy (non-hydrogen) atoms. The highest BCUT2D eigenvalue weighted by Gasteiger charge is 2.35. The van der Waals surface area contributed by atoms with Gasteiger partial charge in [0, 0.05) is 44.5 Å². The van der Waals surface area contributed by atoms with Gasteiger partial charge in [0.15, 0.2) is 0 Å².